The summed E-state index contributed by atoms with van der Waals surface area (Å²) in [5.41, 5.74) is 1.59. The van der Waals surface area contributed by atoms with E-state index in [-0.39, 0.29) is 11.1 Å². The van der Waals surface area contributed by atoms with Crippen LogP contribution in [0, 0.1) is 12.3 Å². The first-order valence-corrected chi connectivity index (χ1v) is 6.45. The molecule has 1 aromatic carbocycles. The van der Waals surface area contributed by atoms with Crippen molar-refractivity contribution in [3.05, 3.63) is 65.3 Å². The van der Waals surface area contributed by atoms with Crippen LogP contribution >= 0.6 is 0 Å². The van der Waals surface area contributed by atoms with Crippen LogP contribution in [0.4, 0.5) is 5.82 Å². The van der Waals surface area contributed by atoms with E-state index in [4.69, 9.17) is 9.83 Å². The van der Waals surface area contributed by atoms with Gasteiger partial charge < -0.3 is 9.73 Å². The number of benzene rings is 1. The van der Waals surface area contributed by atoms with Crippen molar-refractivity contribution in [2.45, 2.75) is 6.92 Å². The highest BCUT2D eigenvalue weighted by Crippen LogP contribution is 2.13. The standard InChI is InChI=1S/C16H13N3O2/c1-10-6-7-14(18-9-10)19-16(20)12-8-11-4-2-3-5-13(11)21-15(12)17/h2-9,17H,1H3,(H,18,19,20). The topological polar surface area (TPSA) is 79.0 Å². The number of carbonyl (C=O) groups excluding carboxylic acids is 1. The first-order chi connectivity index (χ1) is 10.1. The molecule has 0 saturated carbocycles. The monoisotopic (exact) mass is 279 g/mol. The molecule has 2 heterocycles. The van der Waals surface area contributed by atoms with Crippen molar-refractivity contribution >= 4 is 22.7 Å². The van der Waals surface area contributed by atoms with E-state index in [0.29, 0.717) is 11.4 Å². The zero-order valence-electron chi connectivity index (χ0n) is 11.4. The van der Waals surface area contributed by atoms with Gasteiger partial charge in [0, 0.05) is 11.6 Å². The fraction of sp³-hybridized carbons (Fsp3) is 0.0625. The summed E-state index contributed by atoms with van der Waals surface area (Å²) >= 11 is 0. The Labute approximate surface area is 120 Å². The van der Waals surface area contributed by atoms with Gasteiger partial charge in [-0.05, 0) is 30.7 Å². The van der Waals surface area contributed by atoms with Gasteiger partial charge in [-0.3, -0.25) is 10.2 Å². The molecule has 2 aromatic heterocycles. The number of anilines is 1. The number of carbonyl (C=O) groups is 1. The van der Waals surface area contributed by atoms with Gasteiger partial charge in [-0.25, -0.2) is 4.98 Å². The van der Waals surface area contributed by atoms with E-state index in [0.717, 1.165) is 10.9 Å². The van der Waals surface area contributed by atoms with E-state index in [1.807, 2.05) is 31.2 Å². The minimum Gasteiger partial charge on any atom is -0.438 e. The maximum atomic E-state index is 12.2. The summed E-state index contributed by atoms with van der Waals surface area (Å²) in [5.74, 6) is 0.0315. The summed E-state index contributed by atoms with van der Waals surface area (Å²) in [7, 11) is 0. The van der Waals surface area contributed by atoms with Crippen LogP contribution in [0.3, 0.4) is 0 Å². The molecule has 0 radical (unpaired) electrons. The van der Waals surface area contributed by atoms with E-state index >= 15 is 0 Å². The van der Waals surface area contributed by atoms with Crippen molar-refractivity contribution in [1.29, 1.82) is 5.41 Å². The van der Waals surface area contributed by atoms with Crippen molar-refractivity contribution in [1.82, 2.24) is 4.98 Å². The Morgan fingerprint density at radius 1 is 1.24 bits per heavy atom. The molecule has 5 heteroatoms. The smallest absolute Gasteiger partial charge is 0.262 e. The van der Waals surface area contributed by atoms with Crippen LogP contribution in [0.25, 0.3) is 11.0 Å². The van der Waals surface area contributed by atoms with Crippen molar-refractivity contribution < 1.29 is 9.21 Å². The molecular formula is C16H13N3O2. The highest BCUT2D eigenvalue weighted by atomic mass is 16.3. The van der Waals surface area contributed by atoms with Gasteiger partial charge in [0.15, 0.2) is 0 Å². The molecule has 0 saturated heterocycles. The number of amides is 1. The average Bonchev–Trinajstić information content (AvgIpc) is 2.49. The Morgan fingerprint density at radius 3 is 2.81 bits per heavy atom. The van der Waals surface area contributed by atoms with Crippen LogP contribution in [0.1, 0.15) is 15.9 Å². The summed E-state index contributed by atoms with van der Waals surface area (Å²) in [5, 5.41) is 11.3. The third-order valence-electron chi connectivity index (χ3n) is 3.07. The third kappa shape index (κ3) is 2.67. The van der Waals surface area contributed by atoms with Crippen LogP contribution in [0.2, 0.25) is 0 Å². The zero-order chi connectivity index (χ0) is 14.8. The second-order valence-corrected chi connectivity index (χ2v) is 4.70. The lowest BCUT2D eigenvalue weighted by Crippen LogP contribution is -2.21. The molecule has 21 heavy (non-hydrogen) atoms. The zero-order valence-corrected chi connectivity index (χ0v) is 11.4. The average molecular weight is 279 g/mol. The molecule has 5 nitrogen and oxygen atoms in total. The first kappa shape index (κ1) is 13.1. The van der Waals surface area contributed by atoms with Crippen molar-refractivity contribution in [3.8, 4) is 0 Å². The first-order valence-electron chi connectivity index (χ1n) is 6.45. The van der Waals surface area contributed by atoms with E-state index in [1.54, 1.807) is 24.4 Å². The number of para-hydroxylation sites is 1. The van der Waals surface area contributed by atoms with Gasteiger partial charge in [-0.15, -0.1) is 0 Å². The largest absolute Gasteiger partial charge is 0.438 e. The molecule has 0 fully saturated rings. The summed E-state index contributed by atoms with van der Waals surface area (Å²) in [6.07, 6.45) is 1.67. The minimum absolute atomic E-state index is 0.168. The number of pyridine rings is 1. The molecule has 0 bridgehead atoms. The second kappa shape index (κ2) is 5.20. The molecule has 2 N–H and O–H groups in total. The van der Waals surface area contributed by atoms with Crippen molar-refractivity contribution in [3.63, 3.8) is 0 Å². The Bertz CT molecular complexity index is 867. The maximum Gasteiger partial charge on any atom is 0.262 e. The predicted molar refractivity (Wildman–Crippen MR) is 79.0 cm³/mol. The van der Waals surface area contributed by atoms with Gasteiger partial charge in [0.05, 0.1) is 0 Å². The number of aryl methyl sites for hydroxylation is 1. The molecule has 1 amide bonds. The summed E-state index contributed by atoms with van der Waals surface area (Å²) in [4.78, 5) is 16.3. The fourth-order valence-electron chi connectivity index (χ4n) is 1.97. The summed E-state index contributed by atoms with van der Waals surface area (Å²) in [6, 6.07) is 12.5. The van der Waals surface area contributed by atoms with Gasteiger partial charge in [0.1, 0.15) is 17.0 Å². The molecule has 0 aliphatic carbocycles. The van der Waals surface area contributed by atoms with Gasteiger partial charge >= 0.3 is 0 Å². The van der Waals surface area contributed by atoms with Gasteiger partial charge in [-0.1, -0.05) is 24.3 Å². The number of rotatable bonds is 2. The normalized spacial score (nSPS) is 10.5. The minimum atomic E-state index is -0.411. The van der Waals surface area contributed by atoms with Crippen molar-refractivity contribution in [2.75, 3.05) is 5.32 Å². The molecule has 104 valence electrons. The van der Waals surface area contributed by atoms with E-state index in [2.05, 4.69) is 10.3 Å². The number of hydrogen-bond acceptors (Lipinski definition) is 4. The second-order valence-electron chi connectivity index (χ2n) is 4.70. The molecule has 3 rings (SSSR count). The predicted octanol–water partition coefficient (Wildman–Crippen LogP) is 2.87. The molecule has 3 aromatic rings. The Balaban J connectivity index is 1.95. The van der Waals surface area contributed by atoms with Crippen molar-refractivity contribution in [2.24, 2.45) is 0 Å². The molecule has 0 atom stereocenters. The van der Waals surface area contributed by atoms with Crippen LogP contribution in [0.15, 0.2) is 53.1 Å². The molecule has 0 unspecified atom stereocenters. The van der Waals surface area contributed by atoms with E-state index < -0.39 is 5.91 Å². The SMILES string of the molecule is Cc1ccc(NC(=O)c2cc3ccccc3oc2=N)nc1. The van der Waals surface area contributed by atoms with Gasteiger partial charge in [0.2, 0.25) is 5.55 Å². The highest BCUT2D eigenvalue weighted by Gasteiger charge is 2.12. The maximum absolute atomic E-state index is 12.2. The molecule has 0 aliphatic rings. The molecular weight excluding hydrogens is 266 g/mol. The molecule has 0 spiro atoms. The van der Waals surface area contributed by atoms with E-state index in [9.17, 15) is 4.79 Å². The Morgan fingerprint density at radius 2 is 2.05 bits per heavy atom. The number of hydrogen-bond donors (Lipinski definition) is 2. The summed E-state index contributed by atoms with van der Waals surface area (Å²) in [6.45, 7) is 1.92. The lowest BCUT2D eigenvalue weighted by Gasteiger charge is -2.05. The van der Waals surface area contributed by atoms with Crippen LogP contribution in [-0.2, 0) is 0 Å². The fourth-order valence-corrected chi connectivity index (χ4v) is 1.97. The number of aromatic nitrogens is 1. The number of nitrogens with zero attached hydrogens (tertiary/aromatic N) is 1. The lowest BCUT2D eigenvalue weighted by atomic mass is 10.2. The van der Waals surface area contributed by atoms with E-state index in [1.165, 1.54) is 0 Å². The van der Waals surface area contributed by atoms with Gasteiger partial charge in [-0.2, -0.15) is 0 Å². The van der Waals surface area contributed by atoms with Gasteiger partial charge in [0.25, 0.3) is 5.91 Å². The quantitative estimate of drug-likeness (QED) is 0.757. The number of nitrogens with one attached hydrogen (secondary N) is 2. The van der Waals surface area contributed by atoms with Crippen LogP contribution < -0.4 is 10.9 Å². The number of fused-ring (bicyclic) bond motifs is 1. The highest BCUT2D eigenvalue weighted by molar-refractivity contribution is 6.04. The molecule has 0 aliphatic heterocycles. The Hall–Kier alpha value is -2.95. The van der Waals surface area contributed by atoms with Crippen LogP contribution in [0.5, 0.6) is 0 Å². The third-order valence-corrected chi connectivity index (χ3v) is 3.07. The van der Waals surface area contributed by atoms with Crippen LogP contribution in [-0.4, -0.2) is 10.9 Å². The Kier molecular flexibility index (Phi) is 3.23. The summed E-state index contributed by atoms with van der Waals surface area (Å²) < 4.78 is 5.36. The lowest BCUT2D eigenvalue weighted by molar-refractivity contribution is 0.102.